The molecule has 0 aliphatic carbocycles. The van der Waals surface area contributed by atoms with Crippen LogP contribution in [0.2, 0.25) is 0 Å². The smallest absolute Gasteiger partial charge is 0.265 e. The predicted octanol–water partition coefficient (Wildman–Crippen LogP) is 1.71. The zero-order valence-electron chi connectivity index (χ0n) is 11.0. The molecular weight excluding hydrogens is 240 g/mol. The van der Waals surface area contributed by atoms with Crippen LogP contribution in [0, 0.1) is 6.42 Å². The highest BCUT2D eigenvalue weighted by molar-refractivity contribution is 5.97. The molecule has 1 fully saturated rings. The fourth-order valence-electron chi connectivity index (χ4n) is 2.67. The fourth-order valence-corrected chi connectivity index (χ4v) is 2.67. The lowest BCUT2D eigenvalue weighted by Crippen LogP contribution is -2.44. The van der Waals surface area contributed by atoms with E-state index in [1.165, 1.54) is 0 Å². The van der Waals surface area contributed by atoms with Gasteiger partial charge >= 0.3 is 0 Å². The molecule has 3 rings (SSSR count). The molecule has 4 nitrogen and oxygen atoms in total. The number of carbonyl (C=O) groups is 1. The van der Waals surface area contributed by atoms with Gasteiger partial charge in [-0.15, -0.1) is 0 Å². The Bertz CT molecular complexity index is 455. The van der Waals surface area contributed by atoms with E-state index in [9.17, 15) is 4.79 Å². The number of amides is 1. The topological polar surface area (TPSA) is 32.8 Å². The van der Waals surface area contributed by atoms with Crippen molar-refractivity contribution >= 4 is 11.6 Å². The van der Waals surface area contributed by atoms with Crippen molar-refractivity contribution in [2.75, 3.05) is 37.7 Å². The number of benzene rings is 1. The maximum atomic E-state index is 12.0. The largest absolute Gasteiger partial charge is 0.482 e. The molecule has 1 aromatic carbocycles. The molecule has 101 valence electrons. The third-order valence-electron chi connectivity index (χ3n) is 3.75. The standard InChI is InChI=1S/C15H19N2O2/c18-15-12-19-14-7-3-2-6-13(14)17(15)11-10-16-8-4-1-5-9-16/h1-3,6-7H,4-5,8-12H2. The third-order valence-corrected chi connectivity index (χ3v) is 3.75. The highest BCUT2D eigenvalue weighted by Gasteiger charge is 2.25. The van der Waals surface area contributed by atoms with Crippen LogP contribution in [0.15, 0.2) is 24.3 Å². The van der Waals surface area contributed by atoms with Gasteiger partial charge in [0.05, 0.1) is 5.69 Å². The van der Waals surface area contributed by atoms with Crippen molar-refractivity contribution in [1.29, 1.82) is 0 Å². The fraction of sp³-hybridized carbons (Fsp3) is 0.467. The molecule has 0 saturated carbocycles. The van der Waals surface area contributed by atoms with Gasteiger partial charge in [0.15, 0.2) is 6.61 Å². The molecule has 1 saturated heterocycles. The first kappa shape index (κ1) is 12.5. The van der Waals surface area contributed by atoms with Crippen LogP contribution in [-0.2, 0) is 4.79 Å². The van der Waals surface area contributed by atoms with E-state index in [1.807, 2.05) is 29.2 Å². The van der Waals surface area contributed by atoms with E-state index in [0.717, 1.165) is 50.5 Å². The normalized spacial score (nSPS) is 20.0. The van der Waals surface area contributed by atoms with Crippen LogP contribution in [0.3, 0.4) is 0 Å². The number of likely N-dealkylation sites (tertiary alicyclic amines) is 1. The highest BCUT2D eigenvalue weighted by atomic mass is 16.5. The minimum absolute atomic E-state index is 0.0577. The molecule has 1 aromatic rings. The van der Waals surface area contributed by atoms with Crippen molar-refractivity contribution in [3.63, 3.8) is 0 Å². The van der Waals surface area contributed by atoms with Gasteiger partial charge in [0, 0.05) is 13.1 Å². The molecule has 2 aliphatic heterocycles. The van der Waals surface area contributed by atoms with Crippen LogP contribution in [-0.4, -0.2) is 43.6 Å². The van der Waals surface area contributed by atoms with Crippen LogP contribution < -0.4 is 9.64 Å². The van der Waals surface area contributed by atoms with Crippen LogP contribution in [0.25, 0.3) is 0 Å². The van der Waals surface area contributed by atoms with Crippen LogP contribution in [0.5, 0.6) is 5.75 Å². The summed E-state index contributed by atoms with van der Waals surface area (Å²) < 4.78 is 5.45. The van der Waals surface area contributed by atoms with Crippen LogP contribution in [0.1, 0.15) is 12.8 Å². The van der Waals surface area contributed by atoms with E-state index >= 15 is 0 Å². The second-order valence-electron chi connectivity index (χ2n) is 5.01. The minimum Gasteiger partial charge on any atom is -0.482 e. The Hall–Kier alpha value is -1.55. The van der Waals surface area contributed by atoms with Crippen LogP contribution in [0.4, 0.5) is 5.69 Å². The number of nitrogens with zero attached hydrogens (tertiary/aromatic N) is 2. The predicted molar refractivity (Wildman–Crippen MR) is 74.3 cm³/mol. The van der Waals surface area contributed by atoms with Gasteiger partial charge < -0.3 is 14.5 Å². The Labute approximate surface area is 113 Å². The van der Waals surface area contributed by atoms with E-state index < -0.39 is 0 Å². The second kappa shape index (κ2) is 5.61. The monoisotopic (exact) mass is 259 g/mol. The maximum absolute atomic E-state index is 12.0. The molecule has 19 heavy (non-hydrogen) atoms. The van der Waals surface area contributed by atoms with Gasteiger partial charge in [-0.05, 0) is 44.5 Å². The lowest BCUT2D eigenvalue weighted by atomic mass is 10.1. The maximum Gasteiger partial charge on any atom is 0.265 e. The van der Waals surface area contributed by atoms with Gasteiger partial charge in [-0.1, -0.05) is 12.1 Å². The molecule has 4 heteroatoms. The third kappa shape index (κ3) is 2.73. The van der Waals surface area contributed by atoms with E-state index in [2.05, 4.69) is 11.3 Å². The Morgan fingerprint density at radius 2 is 1.89 bits per heavy atom. The molecular formula is C15H19N2O2. The minimum atomic E-state index is 0.0577. The van der Waals surface area contributed by atoms with Gasteiger partial charge in [-0.3, -0.25) is 4.79 Å². The number of hydrogen-bond acceptors (Lipinski definition) is 3. The molecule has 1 amide bonds. The molecule has 0 atom stereocenters. The Morgan fingerprint density at radius 1 is 1.11 bits per heavy atom. The van der Waals surface area contributed by atoms with Crippen molar-refractivity contribution < 1.29 is 9.53 Å². The lowest BCUT2D eigenvalue weighted by Gasteiger charge is -2.32. The number of carbonyl (C=O) groups excluding carboxylic acids is 1. The van der Waals surface area contributed by atoms with E-state index in [1.54, 1.807) is 0 Å². The van der Waals surface area contributed by atoms with Gasteiger partial charge in [0.1, 0.15) is 5.75 Å². The molecule has 1 radical (unpaired) electrons. The van der Waals surface area contributed by atoms with Crippen molar-refractivity contribution in [2.45, 2.75) is 12.8 Å². The van der Waals surface area contributed by atoms with Gasteiger partial charge in [0.2, 0.25) is 0 Å². The number of ether oxygens (including phenoxy) is 1. The molecule has 0 aromatic heterocycles. The van der Waals surface area contributed by atoms with Gasteiger partial charge in [-0.25, -0.2) is 0 Å². The van der Waals surface area contributed by atoms with Crippen LogP contribution >= 0.6 is 0 Å². The summed E-state index contributed by atoms with van der Waals surface area (Å²) in [4.78, 5) is 16.3. The van der Waals surface area contributed by atoms with Crippen molar-refractivity contribution in [3.05, 3.63) is 30.7 Å². The number of piperidine rings is 1. The quantitative estimate of drug-likeness (QED) is 0.828. The first-order chi connectivity index (χ1) is 9.34. The summed E-state index contributed by atoms with van der Waals surface area (Å²) in [5.41, 5.74) is 0.905. The second-order valence-corrected chi connectivity index (χ2v) is 5.01. The molecule has 0 spiro atoms. The molecule has 0 unspecified atom stereocenters. The van der Waals surface area contributed by atoms with E-state index in [-0.39, 0.29) is 12.5 Å². The average molecular weight is 259 g/mol. The summed E-state index contributed by atoms with van der Waals surface area (Å²) in [5, 5.41) is 0. The average Bonchev–Trinajstić information content (AvgIpc) is 2.47. The Kier molecular flexibility index (Phi) is 3.69. The van der Waals surface area contributed by atoms with E-state index in [4.69, 9.17) is 4.74 Å². The Morgan fingerprint density at radius 3 is 2.74 bits per heavy atom. The summed E-state index contributed by atoms with van der Waals surface area (Å²) in [6, 6.07) is 7.76. The summed E-state index contributed by atoms with van der Waals surface area (Å²) in [5.74, 6) is 0.872. The number of fused-ring (bicyclic) bond motifs is 1. The number of para-hydroxylation sites is 2. The number of anilines is 1. The van der Waals surface area contributed by atoms with Crippen molar-refractivity contribution in [1.82, 2.24) is 4.90 Å². The summed E-state index contributed by atoms with van der Waals surface area (Å²) in [6.45, 7) is 4.07. The molecule has 0 N–H and O–H groups in total. The van der Waals surface area contributed by atoms with Gasteiger partial charge in [0.25, 0.3) is 5.91 Å². The zero-order chi connectivity index (χ0) is 13.1. The summed E-state index contributed by atoms with van der Waals surface area (Å²) in [6.07, 6.45) is 4.66. The molecule has 0 bridgehead atoms. The Balaban J connectivity index is 1.67. The van der Waals surface area contributed by atoms with Gasteiger partial charge in [-0.2, -0.15) is 0 Å². The SMILES string of the molecule is O=C1COc2ccccc2N1CCN1CC[CH]CC1. The lowest BCUT2D eigenvalue weighted by molar-refractivity contribution is -0.121. The first-order valence-corrected chi connectivity index (χ1v) is 6.91. The first-order valence-electron chi connectivity index (χ1n) is 6.91. The summed E-state index contributed by atoms with van der Waals surface area (Å²) >= 11 is 0. The number of hydrogen-bond donors (Lipinski definition) is 0. The summed E-state index contributed by atoms with van der Waals surface area (Å²) in [7, 11) is 0. The van der Waals surface area contributed by atoms with Crippen molar-refractivity contribution in [3.8, 4) is 5.75 Å². The molecule has 2 heterocycles. The van der Waals surface area contributed by atoms with E-state index in [0.29, 0.717) is 0 Å². The van der Waals surface area contributed by atoms with Crippen molar-refractivity contribution in [2.24, 2.45) is 0 Å². The highest BCUT2D eigenvalue weighted by Crippen LogP contribution is 2.31. The molecule has 2 aliphatic rings. The number of rotatable bonds is 3. The zero-order valence-corrected chi connectivity index (χ0v) is 11.0.